The highest BCUT2D eigenvalue weighted by molar-refractivity contribution is 7.42. The number of ether oxygens (including phenoxy) is 3. The quantitative estimate of drug-likeness (QED) is 0.397. The first-order valence-electron chi connectivity index (χ1n) is 10.7. The Morgan fingerprint density at radius 1 is 1.00 bits per heavy atom. The maximum Gasteiger partial charge on any atom is 0.463 e. The van der Waals surface area contributed by atoms with Crippen LogP contribution in [0.25, 0.3) is 0 Å². The Bertz CT molecular complexity index is 1110. The normalized spacial score (nSPS) is 19.5. The zero-order chi connectivity index (χ0) is 24.8. The maximum absolute atomic E-state index is 12.1. The van der Waals surface area contributed by atoms with Gasteiger partial charge < -0.3 is 34.1 Å². The predicted molar refractivity (Wildman–Crippen MR) is 128 cm³/mol. The second-order valence-electron chi connectivity index (χ2n) is 7.55. The summed E-state index contributed by atoms with van der Waals surface area (Å²) >= 11 is 0. The first kappa shape index (κ1) is 24.7. The molecule has 2 aromatic carbocycles. The molecule has 0 amide bonds. The van der Waals surface area contributed by atoms with Crippen LogP contribution in [-0.2, 0) is 9.26 Å². The summed E-state index contributed by atoms with van der Waals surface area (Å²) in [5, 5.41) is 10.5. The van der Waals surface area contributed by atoms with Crippen molar-refractivity contribution in [2.24, 2.45) is 0 Å². The summed E-state index contributed by atoms with van der Waals surface area (Å²) in [6.45, 7) is 0.0583. The van der Waals surface area contributed by atoms with Crippen LogP contribution in [0.5, 0.6) is 23.0 Å². The first-order valence-corrected chi connectivity index (χ1v) is 11.8. The van der Waals surface area contributed by atoms with Crippen LogP contribution in [-0.4, -0.2) is 47.7 Å². The molecule has 0 bridgehead atoms. The third-order valence-corrected chi connectivity index (χ3v) is 6.22. The fourth-order valence-corrected chi connectivity index (χ4v) is 4.39. The van der Waals surface area contributed by atoms with Crippen LogP contribution in [0.1, 0.15) is 12.6 Å². The zero-order valence-corrected chi connectivity index (χ0v) is 20.0. The Morgan fingerprint density at radius 3 is 2.06 bits per heavy atom. The van der Waals surface area contributed by atoms with Gasteiger partial charge >= 0.3 is 14.3 Å². The van der Waals surface area contributed by atoms with Crippen molar-refractivity contribution >= 4 is 14.4 Å². The lowest BCUT2D eigenvalue weighted by atomic mass is 10.2. The van der Waals surface area contributed by atoms with E-state index in [-0.39, 0.29) is 18.8 Å². The number of nitrogens with zero attached hydrogens (tertiary/aromatic N) is 2. The van der Waals surface area contributed by atoms with E-state index in [1.165, 1.54) is 16.8 Å². The van der Waals surface area contributed by atoms with E-state index in [2.05, 4.69) is 4.98 Å². The number of hydrogen-bond acceptors (Lipinski definition) is 10. The van der Waals surface area contributed by atoms with Gasteiger partial charge in [-0.3, -0.25) is 9.09 Å². The second kappa shape index (κ2) is 11.4. The van der Waals surface area contributed by atoms with E-state index >= 15 is 0 Å². The van der Waals surface area contributed by atoms with Crippen molar-refractivity contribution < 1.29 is 32.9 Å². The molecule has 3 aromatic rings. The summed E-state index contributed by atoms with van der Waals surface area (Å²) in [5.74, 6) is 2.51. The van der Waals surface area contributed by atoms with Crippen LogP contribution in [0.3, 0.4) is 0 Å². The lowest BCUT2D eigenvalue weighted by Crippen LogP contribution is -2.31. The van der Waals surface area contributed by atoms with Crippen molar-refractivity contribution in [3.05, 3.63) is 71.3 Å². The summed E-state index contributed by atoms with van der Waals surface area (Å²) in [5.41, 5.74) is 4.93. The first-order chi connectivity index (χ1) is 16.9. The highest BCUT2D eigenvalue weighted by atomic mass is 31.2. The zero-order valence-electron chi connectivity index (χ0n) is 19.1. The van der Waals surface area contributed by atoms with Gasteiger partial charge in [-0.1, -0.05) is 0 Å². The summed E-state index contributed by atoms with van der Waals surface area (Å²) in [7, 11) is 1.27. The molecule has 1 aromatic heterocycles. The smallest absolute Gasteiger partial charge is 0.463 e. The van der Waals surface area contributed by atoms with E-state index in [1.54, 1.807) is 62.8 Å². The molecule has 1 aliphatic rings. The second-order valence-corrected chi connectivity index (χ2v) is 8.62. The molecule has 0 radical (unpaired) electrons. The lowest BCUT2D eigenvalue weighted by Gasteiger charge is -2.20. The van der Waals surface area contributed by atoms with E-state index in [4.69, 9.17) is 33.5 Å². The fourth-order valence-electron chi connectivity index (χ4n) is 3.37. The highest BCUT2D eigenvalue weighted by Gasteiger charge is 2.37. The summed E-state index contributed by atoms with van der Waals surface area (Å²) in [6.07, 6.45) is -0.656. The lowest BCUT2D eigenvalue weighted by molar-refractivity contribution is -0.0507. The Hall–Kier alpha value is -3.37. The number of rotatable bonds is 10. The van der Waals surface area contributed by atoms with Crippen LogP contribution in [0, 0.1) is 0 Å². The van der Waals surface area contributed by atoms with Gasteiger partial charge in [-0.05, 0) is 54.6 Å². The fraction of sp³-hybridized carbons (Fsp3) is 0.304. The minimum Gasteiger partial charge on any atom is -0.497 e. The number of nitrogens with two attached hydrogens (primary N) is 1. The van der Waals surface area contributed by atoms with Crippen LogP contribution in [0.2, 0.25) is 0 Å². The Kier molecular flexibility index (Phi) is 8.04. The number of anilines is 1. The molecular formula is C23H26N3O8P. The third-order valence-electron chi connectivity index (χ3n) is 5.14. The molecule has 3 atom stereocenters. The number of nitrogen functional groups attached to an aromatic ring is 1. The monoisotopic (exact) mass is 503 g/mol. The predicted octanol–water partition coefficient (Wildman–Crippen LogP) is 2.89. The van der Waals surface area contributed by atoms with Crippen molar-refractivity contribution in [3.8, 4) is 23.0 Å². The van der Waals surface area contributed by atoms with E-state index in [9.17, 15) is 9.90 Å². The van der Waals surface area contributed by atoms with Crippen LogP contribution >= 0.6 is 8.60 Å². The summed E-state index contributed by atoms with van der Waals surface area (Å²) in [6, 6.07) is 15.5. The molecule has 0 saturated carbocycles. The SMILES string of the molecule is COc1ccc(OP(OCC2CC(O)C(n3ccc(N)nc3=O)O2)Oc2ccc(OC)cc2)cc1. The average Bonchev–Trinajstić information content (AvgIpc) is 3.23. The van der Waals surface area contributed by atoms with Gasteiger partial charge in [0.1, 0.15) is 34.9 Å². The van der Waals surface area contributed by atoms with E-state index in [0.29, 0.717) is 23.0 Å². The molecular weight excluding hydrogens is 477 g/mol. The number of aliphatic hydroxyl groups excluding tert-OH is 1. The van der Waals surface area contributed by atoms with Gasteiger partial charge in [-0.2, -0.15) is 4.98 Å². The number of methoxy groups -OCH3 is 2. The molecule has 2 heterocycles. The molecule has 11 nitrogen and oxygen atoms in total. The Balaban J connectivity index is 1.43. The molecule has 35 heavy (non-hydrogen) atoms. The van der Waals surface area contributed by atoms with E-state index in [1.807, 2.05) is 0 Å². The van der Waals surface area contributed by atoms with Crippen LogP contribution < -0.4 is 29.9 Å². The number of benzene rings is 2. The molecule has 4 rings (SSSR count). The van der Waals surface area contributed by atoms with Gasteiger partial charge in [0, 0.05) is 12.6 Å². The number of aliphatic hydroxyl groups is 1. The maximum atomic E-state index is 12.1. The molecule has 1 aliphatic heterocycles. The third kappa shape index (κ3) is 6.40. The Labute approximate surface area is 202 Å². The van der Waals surface area contributed by atoms with Gasteiger partial charge in [0.15, 0.2) is 6.23 Å². The van der Waals surface area contributed by atoms with Gasteiger partial charge in [0.25, 0.3) is 0 Å². The molecule has 3 N–H and O–H groups in total. The van der Waals surface area contributed by atoms with E-state index in [0.717, 1.165) is 0 Å². The van der Waals surface area contributed by atoms with Crippen molar-refractivity contribution in [1.29, 1.82) is 0 Å². The topological polar surface area (TPSA) is 137 Å². The van der Waals surface area contributed by atoms with Crippen LogP contribution in [0.15, 0.2) is 65.6 Å². The standard InChI is InChI=1S/C23H26N3O8P/c1-29-15-3-7-17(8-4-15)33-35(34-18-9-5-16(30-2)6-10-18)31-14-19-13-20(27)22(32-19)26-12-11-21(24)25-23(26)28/h3-12,19-20,22,27H,13-14H2,1-2H3,(H2,24,25,28). The van der Waals surface area contributed by atoms with Crippen molar-refractivity contribution in [3.63, 3.8) is 0 Å². The van der Waals surface area contributed by atoms with Gasteiger partial charge in [0.2, 0.25) is 0 Å². The van der Waals surface area contributed by atoms with Crippen molar-refractivity contribution in [2.75, 3.05) is 26.6 Å². The minimum absolute atomic E-state index is 0.0583. The minimum atomic E-state index is -1.89. The molecule has 0 aliphatic carbocycles. The van der Waals surface area contributed by atoms with Gasteiger partial charge in [-0.15, -0.1) is 0 Å². The van der Waals surface area contributed by atoms with Gasteiger partial charge in [-0.25, -0.2) is 4.79 Å². The summed E-state index contributed by atoms with van der Waals surface area (Å²) < 4.78 is 35.2. The Morgan fingerprint density at radius 2 is 1.54 bits per heavy atom. The van der Waals surface area contributed by atoms with Crippen molar-refractivity contribution in [1.82, 2.24) is 9.55 Å². The molecule has 12 heteroatoms. The summed E-state index contributed by atoms with van der Waals surface area (Å²) in [4.78, 5) is 15.8. The average molecular weight is 503 g/mol. The van der Waals surface area contributed by atoms with Crippen molar-refractivity contribution in [2.45, 2.75) is 24.9 Å². The molecule has 186 valence electrons. The molecule has 1 saturated heterocycles. The number of hydrogen-bond donors (Lipinski definition) is 2. The molecule has 0 spiro atoms. The van der Waals surface area contributed by atoms with Crippen LogP contribution in [0.4, 0.5) is 5.82 Å². The van der Waals surface area contributed by atoms with Gasteiger partial charge in [0.05, 0.1) is 26.9 Å². The molecule has 3 unspecified atom stereocenters. The highest BCUT2D eigenvalue weighted by Crippen LogP contribution is 2.43. The number of aromatic nitrogens is 2. The largest absolute Gasteiger partial charge is 0.497 e. The van der Waals surface area contributed by atoms with E-state index < -0.39 is 32.7 Å². The molecule has 1 fully saturated rings.